The van der Waals surface area contributed by atoms with Gasteiger partial charge in [0.2, 0.25) is 5.91 Å². The Morgan fingerprint density at radius 1 is 0.929 bits per heavy atom. The molecule has 2 N–H and O–H groups in total. The first-order chi connectivity index (χ1) is 13.2. The zero-order chi connectivity index (χ0) is 20.8. The number of carbonyl (C=O) groups is 2. The maximum Gasteiger partial charge on any atom is 0.265 e. The van der Waals surface area contributed by atoms with Crippen LogP contribution in [0.25, 0.3) is 0 Å². The number of halogens is 2. The summed E-state index contributed by atoms with van der Waals surface area (Å²) in [6.45, 7) is 5.20. The Bertz CT molecular complexity index is 871. The maximum absolute atomic E-state index is 12.4. The normalized spacial score (nSPS) is 11.7. The van der Waals surface area contributed by atoms with Crippen LogP contribution in [0, 0.1) is 5.92 Å². The molecule has 0 aliphatic heterocycles. The van der Waals surface area contributed by atoms with E-state index in [-0.39, 0.29) is 17.7 Å². The Hall–Kier alpha value is -2.44. The molecule has 0 saturated heterocycles. The van der Waals surface area contributed by atoms with E-state index in [0.717, 1.165) is 0 Å². The molecule has 2 aromatic carbocycles. The van der Waals surface area contributed by atoms with Crippen LogP contribution in [0.3, 0.4) is 0 Å². The molecule has 0 heterocycles. The Morgan fingerprint density at radius 3 is 2.25 bits per heavy atom. The minimum absolute atomic E-state index is 0.128. The molecule has 0 spiro atoms. The van der Waals surface area contributed by atoms with Crippen LogP contribution in [0.2, 0.25) is 10.0 Å². The van der Waals surface area contributed by atoms with Crippen LogP contribution in [0.4, 0.5) is 11.4 Å². The molecule has 8 heteroatoms. The number of nitrogens with one attached hydrogen (secondary N) is 2. The summed E-state index contributed by atoms with van der Waals surface area (Å²) in [5.74, 6) is 0.130. The molecule has 28 heavy (non-hydrogen) atoms. The van der Waals surface area contributed by atoms with E-state index in [4.69, 9.17) is 32.7 Å². The standard InChI is InChI=1S/C20H22Cl2N2O4/c1-11(2)19(25)24-16-7-6-14(10-18(16)27-4)23-20(26)12(3)28-17-8-5-13(21)9-15(17)22/h5-12H,1-4H3,(H,23,26)(H,24,25). The first-order valence-electron chi connectivity index (χ1n) is 8.62. The van der Waals surface area contributed by atoms with Crippen molar-refractivity contribution in [2.45, 2.75) is 26.9 Å². The quantitative estimate of drug-likeness (QED) is 0.655. The molecular formula is C20H22Cl2N2O4. The van der Waals surface area contributed by atoms with E-state index in [2.05, 4.69) is 10.6 Å². The van der Waals surface area contributed by atoms with Crippen LogP contribution in [0.15, 0.2) is 36.4 Å². The molecule has 0 radical (unpaired) electrons. The Balaban J connectivity index is 2.07. The number of rotatable bonds is 7. The summed E-state index contributed by atoms with van der Waals surface area (Å²) < 4.78 is 10.9. The number of benzene rings is 2. The average Bonchev–Trinajstić information content (AvgIpc) is 2.64. The zero-order valence-electron chi connectivity index (χ0n) is 16.0. The molecule has 150 valence electrons. The SMILES string of the molecule is COc1cc(NC(=O)C(C)Oc2ccc(Cl)cc2Cl)ccc1NC(=O)C(C)C. The molecule has 0 aliphatic carbocycles. The molecular weight excluding hydrogens is 403 g/mol. The first kappa shape index (κ1) is 21.9. The summed E-state index contributed by atoms with van der Waals surface area (Å²) >= 11 is 11.9. The molecule has 0 aromatic heterocycles. The third-order valence-corrected chi connectivity index (χ3v) is 4.35. The summed E-state index contributed by atoms with van der Waals surface area (Å²) in [6, 6.07) is 9.72. The lowest BCUT2D eigenvalue weighted by molar-refractivity contribution is -0.122. The van der Waals surface area contributed by atoms with Crippen LogP contribution in [-0.4, -0.2) is 25.0 Å². The van der Waals surface area contributed by atoms with E-state index in [9.17, 15) is 9.59 Å². The third kappa shape index (κ3) is 5.78. The van der Waals surface area contributed by atoms with Crippen LogP contribution < -0.4 is 20.1 Å². The second-order valence-corrected chi connectivity index (χ2v) is 7.23. The molecule has 0 aliphatic rings. The van der Waals surface area contributed by atoms with Gasteiger partial charge in [0, 0.05) is 22.7 Å². The van der Waals surface area contributed by atoms with E-state index in [1.807, 2.05) is 0 Å². The van der Waals surface area contributed by atoms with Gasteiger partial charge in [0.25, 0.3) is 5.91 Å². The first-order valence-corrected chi connectivity index (χ1v) is 9.38. The van der Waals surface area contributed by atoms with Crippen LogP contribution in [-0.2, 0) is 9.59 Å². The fraction of sp³-hybridized carbons (Fsp3) is 0.300. The number of hydrogen-bond acceptors (Lipinski definition) is 4. The largest absolute Gasteiger partial charge is 0.494 e. The number of amides is 2. The number of methoxy groups -OCH3 is 1. The minimum atomic E-state index is -0.801. The summed E-state index contributed by atoms with van der Waals surface area (Å²) in [5.41, 5.74) is 1.03. The molecule has 1 unspecified atom stereocenters. The van der Waals surface area contributed by atoms with Gasteiger partial charge in [-0.1, -0.05) is 37.0 Å². The van der Waals surface area contributed by atoms with Crippen molar-refractivity contribution in [1.82, 2.24) is 0 Å². The monoisotopic (exact) mass is 424 g/mol. The minimum Gasteiger partial charge on any atom is -0.494 e. The number of anilines is 2. The van der Waals surface area contributed by atoms with E-state index >= 15 is 0 Å². The molecule has 2 amide bonds. The lowest BCUT2D eigenvalue weighted by Gasteiger charge is -2.17. The molecule has 0 saturated carbocycles. The second-order valence-electron chi connectivity index (χ2n) is 6.38. The number of ether oxygens (including phenoxy) is 2. The van der Waals surface area contributed by atoms with Gasteiger partial charge in [0.1, 0.15) is 11.5 Å². The van der Waals surface area contributed by atoms with Crippen molar-refractivity contribution in [3.8, 4) is 11.5 Å². The summed E-state index contributed by atoms with van der Waals surface area (Å²) in [5, 5.41) is 6.32. The maximum atomic E-state index is 12.4. The Labute approximate surface area is 174 Å². The molecule has 0 bridgehead atoms. The van der Waals surface area contributed by atoms with E-state index in [1.54, 1.807) is 51.1 Å². The molecule has 0 fully saturated rings. The van der Waals surface area contributed by atoms with Gasteiger partial charge in [-0.3, -0.25) is 9.59 Å². The van der Waals surface area contributed by atoms with Gasteiger partial charge >= 0.3 is 0 Å². The van der Waals surface area contributed by atoms with Crippen molar-refractivity contribution >= 4 is 46.4 Å². The highest BCUT2D eigenvalue weighted by Gasteiger charge is 2.18. The van der Waals surface area contributed by atoms with Crippen molar-refractivity contribution in [2.24, 2.45) is 5.92 Å². The summed E-state index contributed by atoms with van der Waals surface area (Å²) in [7, 11) is 1.49. The van der Waals surface area contributed by atoms with Gasteiger partial charge < -0.3 is 20.1 Å². The van der Waals surface area contributed by atoms with Gasteiger partial charge in [-0.05, 0) is 37.3 Å². The highest BCUT2D eigenvalue weighted by molar-refractivity contribution is 6.35. The predicted molar refractivity (Wildman–Crippen MR) is 112 cm³/mol. The van der Waals surface area contributed by atoms with Crippen molar-refractivity contribution in [3.63, 3.8) is 0 Å². The van der Waals surface area contributed by atoms with Crippen molar-refractivity contribution in [3.05, 3.63) is 46.4 Å². The summed E-state index contributed by atoms with van der Waals surface area (Å²) in [4.78, 5) is 24.3. The van der Waals surface area contributed by atoms with Crippen molar-refractivity contribution < 1.29 is 19.1 Å². The highest BCUT2D eigenvalue weighted by atomic mass is 35.5. The van der Waals surface area contributed by atoms with Gasteiger partial charge in [0.15, 0.2) is 6.10 Å². The number of hydrogen-bond donors (Lipinski definition) is 2. The third-order valence-electron chi connectivity index (χ3n) is 3.82. The Kier molecular flexibility index (Phi) is 7.54. The predicted octanol–water partition coefficient (Wildman–Crippen LogP) is 5.00. The number of carbonyl (C=O) groups excluding carboxylic acids is 2. The lowest BCUT2D eigenvalue weighted by atomic mass is 10.2. The van der Waals surface area contributed by atoms with Crippen LogP contribution in [0.1, 0.15) is 20.8 Å². The molecule has 2 aromatic rings. The van der Waals surface area contributed by atoms with Crippen molar-refractivity contribution in [1.29, 1.82) is 0 Å². The second kappa shape index (κ2) is 9.66. The topological polar surface area (TPSA) is 76.7 Å². The average molecular weight is 425 g/mol. The van der Waals surface area contributed by atoms with Gasteiger partial charge in [0.05, 0.1) is 17.8 Å². The van der Waals surface area contributed by atoms with Crippen molar-refractivity contribution in [2.75, 3.05) is 17.7 Å². The fourth-order valence-corrected chi connectivity index (χ4v) is 2.66. The van der Waals surface area contributed by atoms with Crippen LogP contribution in [0.5, 0.6) is 11.5 Å². The fourth-order valence-electron chi connectivity index (χ4n) is 2.21. The van der Waals surface area contributed by atoms with E-state index < -0.39 is 6.10 Å². The van der Waals surface area contributed by atoms with Gasteiger partial charge in [-0.15, -0.1) is 0 Å². The van der Waals surface area contributed by atoms with Gasteiger partial charge in [-0.25, -0.2) is 0 Å². The van der Waals surface area contributed by atoms with Crippen LogP contribution >= 0.6 is 23.2 Å². The molecule has 2 rings (SSSR count). The smallest absolute Gasteiger partial charge is 0.265 e. The van der Waals surface area contributed by atoms with Gasteiger partial charge in [-0.2, -0.15) is 0 Å². The molecule has 1 atom stereocenters. The highest BCUT2D eigenvalue weighted by Crippen LogP contribution is 2.30. The summed E-state index contributed by atoms with van der Waals surface area (Å²) in [6.07, 6.45) is -0.801. The van der Waals surface area contributed by atoms with E-state index in [0.29, 0.717) is 32.9 Å². The lowest BCUT2D eigenvalue weighted by Crippen LogP contribution is -2.30. The van der Waals surface area contributed by atoms with E-state index in [1.165, 1.54) is 13.2 Å². The zero-order valence-corrected chi connectivity index (χ0v) is 17.5. The molecule has 6 nitrogen and oxygen atoms in total. The Morgan fingerprint density at radius 2 is 1.64 bits per heavy atom.